The van der Waals surface area contributed by atoms with Crippen LogP contribution in [0.25, 0.3) is 208 Å². The number of nitrogens with zero attached hydrogens (tertiary/aromatic N) is 8. The molecule has 476 valence electrons. The van der Waals surface area contributed by atoms with Gasteiger partial charge in [0.05, 0.1) is 64.6 Å². The van der Waals surface area contributed by atoms with Crippen molar-refractivity contribution in [1.29, 1.82) is 0 Å². The molecular formula is C90H52N8O2S2. The molecule has 102 heavy (non-hydrogen) atoms. The van der Waals surface area contributed by atoms with E-state index in [2.05, 4.69) is 0 Å². The standard InChI is InChI=1S/2C45H26N4OS/c2*1-3-12-27(13-4-1)30-18-11-20-38-42(30)33-23-22-29(24-39(33)50-38)44-46-43(28-14-5-2-6-15-28)47-45(48-44)49-36-19-9-7-16-31(36)34-25-35-32-17-8-10-21-40(32)51-41(35)26-37(34)49/h2*1-26H/i7D,8D,9D,10D,11D,16D,17D,18D,19D,20D,21D,22D,23D,24D,25D,26D;1D,3D,4D,7D,8D,9D,10D,12D,13D,16D,17D,19D,21D,25D,26D. The molecular weight excluding hydrogens is 1290 g/mol. The first-order chi connectivity index (χ1) is 63.5. The molecule has 8 aromatic heterocycles. The summed E-state index contributed by atoms with van der Waals surface area (Å²) in [7, 11) is 0. The third kappa shape index (κ3) is 9.38. The molecule has 0 saturated carbocycles. The fourth-order valence-corrected chi connectivity index (χ4v) is 14.9. The lowest BCUT2D eigenvalue weighted by Gasteiger charge is -2.11. The molecule has 8 heterocycles. The SMILES string of the molecule is [2H]c1c([2H])c(-c2ccccc2)c2c(oc3c([2H])c(-c4nc(-c5ccccc5)nc(-n5c6c([2H])c([2H])c([2H])c([2H])c6c6c([2H])c7c(sc8c([2H])c([2H])c([2H])c([2H])c87)c([2H])c65)n4)c([2H])c([2H])c32)c1[2H].[2H]c1c([2H])c([2H])c(-c2cccc3oc4cc(-c5nc(-c6ccccc6)nc(-n6c7c([2H])c([2H])c([2H])c([2H])c7c7c([2H])c8c(sc9c([2H])c([2H])c([2H])c([2H])c98)c([2H])c76)n5)ccc4c23)c([2H])c1[2H]. The van der Waals surface area contributed by atoms with E-state index in [0.717, 1.165) is 22.7 Å². The van der Waals surface area contributed by atoms with Crippen LogP contribution < -0.4 is 0 Å². The smallest absolute Gasteiger partial charge is 0.238 e. The molecule has 0 N–H and O–H groups in total. The summed E-state index contributed by atoms with van der Waals surface area (Å²) in [5.41, 5.74) is 1.70. The van der Waals surface area contributed by atoms with Crippen molar-refractivity contribution >= 4 is 151 Å². The zero-order valence-corrected chi connectivity index (χ0v) is 53.5. The molecule has 0 saturated heterocycles. The summed E-state index contributed by atoms with van der Waals surface area (Å²) in [5.74, 6) is -0.760. The highest BCUT2D eigenvalue weighted by Gasteiger charge is 2.24. The summed E-state index contributed by atoms with van der Waals surface area (Å²) >= 11 is 1.75. The molecule has 0 unspecified atom stereocenters. The second kappa shape index (κ2) is 23.2. The molecule has 0 fully saturated rings. The Hall–Kier alpha value is -13.3. The van der Waals surface area contributed by atoms with Gasteiger partial charge in [-0.2, -0.15) is 19.9 Å². The van der Waals surface area contributed by atoms with Crippen LogP contribution in [-0.4, -0.2) is 39.0 Å². The molecule has 0 spiro atoms. The minimum absolute atomic E-state index is 0.0113. The van der Waals surface area contributed by atoms with Crippen molar-refractivity contribution in [2.45, 2.75) is 0 Å². The van der Waals surface area contributed by atoms with Gasteiger partial charge in [-0.1, -0.05) is 230 Å². The molecule has 22 rings (SSSR count). The van der Waals surface area contributed by atoms with Crippen LogP contribution in [0.15, 0.2) is 324 Å². The second-order valence-electron chi connectivity index (χ2n) is 23.3. The van der Waals surface area contributed by atoms with Crippen molar-refractivity contribution < 1.29 is 51.3 Å². The fraction of sp³-hybridized carbons (Fsp3) is 0. The molecule has 0 amide bonds. The molecule has 0 radical (unpaired) electrons. The molecule has 0 aliphatic heterocycles. The van der Waals surface area contributed by atoms with Gasteiger partial charge in [0.1, 0.15) is 22.3 Å². The van der Waals surface area contributed by atoms with Crippen molar-refractivity contribution in [2.75, 3.05) is 0 Å². The van der Waals surface area contributed by atoms with Gasteiger partial charge in [0.2, 0.25) is 11.9 Å². The normalized spacial score (nSPS) is 16.2. The van der Waals surface area contributed by atoms with E-state index in [1.807, 2.05) is 0 Å². The van der Waals surface area contributed by atoms with Crippen molar-refractivity contribution in [2.24, 2.45) is 0 Å². The molecule has 0 aliphatic rings. The predicted octanol–water partition coefficient (Wildman–Crippen LogP) is 24.5. The Morgan fingerprint density at radius 3 is 1.37 bits per heavy atom. The Kier molecular flexibility index (Phi) is 7.95. The van der Waals surface area contributed by atoms with Gasteiger partial charge in [0, 0.05) is 106 Å². The lowest BCUT2D eigenvalue weighted by molar-refractivity contribution is 0.668. The molecule has 10 nitrogen and oxygen atoms in total. The number of fused-ring (bicyclic) bond motifs is 18. The summed E-state index contributed by atoms with van der Waals surface area (Å²) in [6.45, 7) is 0. The van der Waals surface area contributed by atoms with E-state index in [0.29, 0.717) is 49.8 Å². The highest BCUT2D eigenvalue weighted by Crippen LogP contribution is 2.45. The zero-order chi connectivity index (χ0) is 93.9. The van der Waals surface area contributed by atoms with Gasteiger partial charge in [-0.05, 0) is 107 Å². The van der Waals surface area contributed by atoms with Gasteiger partial charge >= 0.3 is 0 Å². The Morgan fingerprint density at radius 1 is 0.265 bits per heavy atom. The fourth-order valence-electron chi connectivity index (χ4n) is 12.9. The summed E-state index contributed by atoms with van der Waals surface area (Å²) in [4.78, 5) is 28.8. The maximum absolute atomic E-state index is 9.75. The zero-order valence-electron chi connectivity index (χ0n) is 82.8. The van der Waals surface area contributed by atoms with E-state index < -0.39 is 133 Å². The Bertz CT molecular complexity index is 9090. The monoisotopic (exact) mass is 1370 g/mol. The van der Waals surface area contributed by atoms with Gasteiger partial charge < -0.3 is 8.83 Å². The predicted molar refractivity (Wildman–Crippen MR) is 421 cm³/mol. The van der Waals surface area contributed by atoms with Crippen molar-refractivity contribution in [3.63, 3.8) is 0 Å². The van der Waals surface area contributed by atoms with E-state index in [4.69, 9.17) is 68.9 Å². The summed E-state index contributed by atoms with van der Waals surface area (Å²) < 4.78 is 291. The highest BCUT2D eigenvalue weighted by atomic mass is 32.1. The van der Waals surface area contributed by atoms with Crippen molar-refractivity contribution in [1.82, 2.24) is 39.0 Å². The first-order valence-electron chi connectivity index (χ1n) is 46.9. The number of hydrogen-bond donors (Lipinski definition) is 0. The third-order valence-corrected chi connectivity index (χ3v) is 19.5. The summed E-state index contributed by atoms with van der Waals surface area (Å²) in [6, 6.07) is 21.5. The number of benzene rings is 14. The van der Waals surface area contributed by atoms with Gasteiger partial charge in [-0.15, -0.1) is 22.7 Å². The maximum atomic E-state index is 9.75. The van der Waals surface area contributed by atoms with Crippen LogP contribution in [0.3, 0.4) is 0 Å². The van der Waals surface area contributed by atoms with E-state index in [9.17, 15) is 12.3 Å². The number of aromatic nitrogens is 8. The van der Waals surface area contributed by atoms with E-state index >= 15 is 0 Å². The molecule has 14 aromatic carbocycles. The number of rotatable bonds is 8. The first kappa shape index (κ1) is 35.0. The van der Waals surface area contributed by atoms with Crippen LogP contribution in [0, 0.1) is 0 Å². The minimum atomic E-state index is -0.662. The average Bonchev–Trinajstić information content (AvgIpc) is 1.53. The second-order valence-corrected chi connectivity index (χ2v) is 25.3. The van der Waals surface area contributed by atoms with E-state index in [1.165, 1.54) is 9.13 Å². The largest absolute Gasteiger partial charge is 0.456 e. The topological polar surface area (TPSA) is 113 Å². The quantitative estimate of drug-likeness (QED) is 0.148. The number of para-hydroxylation sites is 2. The van der Waals surface area contributed by atoms with Gasteiger partial charge in [0.25, 0.3) is 0 Å². The van der Waals surface area contributed by atoms with Crippen LogP contribution in [0.1, 0.15) is 42.5 Å². The van der Waals surface area contributed by atoms with Crippen LogP contribution in [0.5, 0.6) is 0 Å². The van der Waals surface area contributed by atoms with Crippen LogP contribution in [-0.2, 0) is 0 Å². The molecule has 0 atom stereocenters. The van der Waals surface area contributed by atoms with Crippen LogP contribution in [0.2, 0.25) is 0 Å². The highest BCUT2D eigenvalue weighted by molar-refractivity contribution is 7.26. The number of thiophene rings is 2. The maximum Gasteiger partial charge on any atom is 0.238 e. The van der Waals surface area contributed by atoms with Crippen molar-refractivity contribution in [3.8, 4) is 79.7 Å². The molecule has 0 aliphatic carbocycles. The van der Waals surface area contributed by atoms with E-state index in [-0.39, 0.29) is 212 Å². The summed E-state index contributed by atoms with van der Waals surface area (Å²) in [6.07, 6.45) is 0. The van der Waals surface area contributed by atoms with Gasteiger partial charge in [-0.25, -0.2) is 9.97 Å². The first-order valence-corrected chi connectivity index (χ1v) is 33.0. The average molecular weight is 1370 g/mol. The Labute approximate surface area is 633 Å². The molecule has 0 bridgehead atoms. The Morgan fingerprint density at radius 2 is 0.775 bits per heavy atom. The van der Waals surface area contributed by atoms with E-state index in [1.54, 1.807) is 127 Å². The number of furan rings is 2. The molecule has 22 aromatic rings. The lowest BCUT2D eigenvalue weighted by atomic mass is 9.99. The third-order valence-electron chi connectivity index (χ3n) is 17.4. The van der Waals surface area contributed by atoms with Crippen molar-refractivity contribution in [3.05, 3.63) is 315 Å². The van der Waals surface area contributed by atoms with Crippen LogP contribution in [0.4, 0.5) is 0 Å². The number of hydrogen-bond acceptors (Lipinski definition) is 10. The Balaban J connectivity index is 0.000000160. The van der Waals surface area contributed by atoms with Crippen LogP contribution >= 0.6 is 22.7 Å². The van der Waals surface area contributed by atoms with Gasteiger partial charge in [0.15, 0.2) is 23.3 Å². The molecule has 12 heteroatoms. The summed E-state index contributed by atoms with van der Waals surface area (Å²) in [5, 5.41) is 0.606. The lowest BCUT2D eigenvalue weighted by Crippen LogP contribution is -2.06. The minimum Gasteiger partial charge on any atom is -0.456 e. The van der Waals surface area contributed by atoms with Gasteiger partial charge in [-0.3, -0.25) is 9.13 Å².